The van der Waals surface area contributed by atoms with E-state index >= 15 is 0 Å². The maximum atomic E-state index is 12.2. The number of nitrogens with zero attached hydrogens (tertiary/aromatic N) is 1. The zero-order valence-corrected chi connectivity index (χ0v) is 19.0. The smallest absolute Gasteiger partial charge is 0.271 e. The Labute approximate surface area is 192 Å². The van der Waals surface area contributed by atoms with Gasteiger partial charge in [0.25, 0.3) is 5.91 Å². The Hall–Kier alpha value is -2.54. The Morgan fingerprint density at radius 1 is 1.10 bits per heavy atom. The van der Waals surface area contributed by atoms with E-state index in [9.17, 15) is 4.79 Å². The predicted molar refractivity (Wildman–Crippen MR) is 123 cm³/mol. The molecule has 0 saturated heterocycles. The van der Waals surface area contributed by atoms with Gasteiger partial charge in [0, 0.05) is 25.6 Å². The summed E-state index contributed by atoms with van der Waals surface area (Å²) in [7, 11) is 1.56. The molecule has 1 N–H and O–H groups in total. The zero-order valence-electron chi connectivity index (χ0n) is 15.9. The molecule has 1 amide bonds. The summed E-state index contributed by atoms with van der Waals surface area (Å²) in [6, 6.07) is 17.6. The fraction of sp³-hybridized carbons (Fsp3) is 0.0909. The number of rotatable bonds is 7. The lowest BCUT2D eigenvalue weighted by Crippen LogP contribution is -2.17. The minimum Gasteiger partial charge on any atom is -0.493 e. The number of hydrogen-bond acceptors (Lipinski definition) is 4. The average molecular weight is 508 g/mol. The van der Waals surface area contributed by atoms with Gasteiger partial charge in [0.1, 0.15) is 6.61 Å². The van der Waals surface area contributed by atoms with Crippen LogP contribution in [0.2, 0.25) is 10.0 Å². The molecular weight excluding hydrogens is 491 g/mol. The SMILES string of the molecule is COc1ccc(/C=N\NC(=O)c2cccc(Br)c2)cc1OCc1ccc(Cl)cc1Cl. The Morgan fingerprint density at radius 2 is 1.93 bits per heavy atom. The van der Waals surface area contributed by atoms with Crippen LogP contribution in [0, 0.1) is 0 Å². The molecule has 5 nitrogen and oxygen atoms in total. The summed E-state index contributed by atoms with van der Waals surface area (Å²) >= 11 is 15.5. The quantitative estimate of drug-likeness (QED) is 0.310. The molecule has 0 heterocycles. The van der Waals surface area contributed by atoms with Crippen molar-refractivity contribution in [2.45, 2.75) is 6.61 Å². The van der Waals surface area contributed by atoms with E-state index in [-0.39, 0.29) is 12.5 Å². The topological polar surface area (TPSA) is 59.9 Å². The molecule has 0 atom stereocenters. The number of benzene rings is 3. The second kappa shape index (κ2) is 10.5. The number of nitrogens with one attached hydrogen (secondary N) is 1. The number of methoxy groups -OCH3 is 1. The van der Waals surface area contributed by atoms with E-state index in [4.69, 9.17) is 32.7 Å². The monoisotopic (exact) mass is 506 g/mol. The van der Waals surface area contributed by atoms with E-state index in [1.54, 1.807) is 61.7 Å². The molecule has 0 radical (unpaired) electrons. The van der Waals surface area contributed by atoms with Crippen LogP contribution < -0.4 is 14.9 Å². The second-order valence-electron chi connectivity index (χ2n) is 6.14. The van der Waals surface area contributed by atoms with Gasteiger partial charge in [0.15, 0.2) is 11.5 Å². The average Bonchev–Trinajstić information content (AvgIpc) is 2.73. The van der Waals surface area contributed by atoms with Gasteiger partial charge in [-0.2, -0.15) is 5.10 Å². The molecule has 3 aromatic rings. The Bertz CT molecular complexity index is 1090. The Balaban J connectivity index is 1.69. The molecule has 0 aliphatic rings. The normalized spacial score (nSPS) is 10.8. The van der Waals surface area contributed by atoms with Crippen molar-refractivity contribution >= 4 is 51.3 Å². The predicted octanol–water partition coefficient (Wildman–Crippen LogP) is 6.11. The number of carbonyl (C=O) groups is 1. The van der Waals surface area contributed by atoms with Crippen molar-refractivity contribution in [1.29, 1.82) is 0 Å². The first-order valence-electron chi connectivity index (χ1n) is 8.80. The summed E-state index contributed by atoms with van der Waals surface area (Å²) in [5.41, 5.74) is 4.52. The largest absolute Gasteiger partial charge is 0.493 e. The van der Waals surface area contributed by atoms with E-state index in [2.05, 4.69) is 26.5 Å². The molecule has 8 heteroatoms. The summed E-state index contributed by atoms with van der Waals surface area (Å²) in [6.07, 6.45) is 1.53. The lowest BCUT2D eigenvalue weighted by molar-refractivity contribution is 0.0955. The van der Waals surface area contributed by atoms with Crippen molar-refractivity contribution in [1.82, 2.24) is 5.43 Å². The summed E-state index contributed by atoms with van der Waals surface area (Å²) in [4.78, 5) is 12.2. The molecular formula is C22H17BrCl2N2O3. The first-order valence-corrected chi connectivity index (χ1v) is 10.3. The number of ether oxygens (including phenoxy) is 2. The van der Waals surface area contributed by atoms with Crippen molar-refractivity contribution in [3.05, 3.63) is 91.9 Å². The highest BCUT2D eigenvalue weighted by Gasteiger charge is 2.08. The van der Waals surface area contributed by atoms with E-state index < -0.39 is 0 Å². The molecule has 0 unspecified atom stereocenters. The number of hydrazone groups is 1. The van der Waals surface area contributed by atoms with Crippen LogP contribution in [-0.4, -0.2) is 19.2 Å². The van der Waals surface area contributed by atoms with Gasteiger partial charge in [0.05, 0.1) is 13.3 Å². The fourth-order valence-corrected chi connectivity index (χ4v) is 3.40. The minimum absolute atomic E-state index is 0.243. The maximum Gasteiger partial charge on any atom is 0.271 e. The molecule has 154 valence electrons. The highest BCUT2D eigenvalue weighted by atomic mass is 79.9. The highest BCUT2D eigenvalue weighted by Crippen LogP contribution is 2.30. The molecule has 0 spiro atoms. The maximum absolute atomic E-state index is 12.2. The van der Waals surface area contributed by atoms with Crippen LogP contribution in [0.3, 0.4) is 0 Å². The van der Waals surface area contributed by atoms with Crippen LogP contribution >= 0.6 is 39.1 Å². The number of amides is 1. The van der Waals surface area contributed by atoms with Gasteiger partial charge < -0.3 is 9.47 Å². The van der Waals surface area contributed by atoms with Crippen molar-refractivity contribution in [2.75, 3.05) is 7.11 Å². The first-order chi connectivity index (χ1) is 14.5. The van der Waals surface area contributed by atoms with Crippen molar-refractivity contribution < 1.29 is 14.3 Å². The van der Waals surface area contributed by atoms with Crippen molar-refractivity contribution in [3.63, 3.8) is 0 Å². The summed E-state index contributed by atoms with van der Waals surface area (Å²) < 4.78 is 12.0. The summed E-state index contributed by atoms with van der Waals surface area (Å²) in [5.74, 6) is 0.774. The molecule has 3 rings (SSSR count). The van der Waals surface area contributed by atoms with Crippen LogP contribution in [0.1, 0.15) is 21.5 Å². The van der Waals surface area contributed by atoms with Gasteiger partial charge in [0.2, 0.25) is 0 Å². The van der Waals surface area contributed by atoms with E-state index in [0.717, 1.165) is 15.6 Å². The molecule has 30 heavy (non-hydrogen) atoms. The lowest BCUT2D eigenvalue weighted by Gasteiger charge is -2.12. The fourth-order valence-electron chi connectivity index (χ4n) is 2.54. The highest BCUT2D eigenvalue weighted by molar-refractivity contribution is 9.10. The van der Waals surface area contributed by atoms with E-state index in [1.165, 1.54) is 6.21 Å². The van der Waals surface area contributed by atoms with Gasteiger partial charge in [-0.15, -0.1) is 0 Å². The lowest BCUT2D eigenvalue weighted by atomic mass is 10.2. The number of hydrogen-bond donors (Lipinski definition) is 1. The van der Waals surface area contributed by atoms with Gasteiger partial charge in [-0.25, -0.2) is 5.43 Å². The van der Waals surface area contributed by atoms with Crippen LogP contribution in [0.15, 0.2) is 70.2 Å². The summed E-state index contributed by atoms with van der Waals surface area (Å²) in [6.45, 7) is 0.243. The molecule has 0 aromatic heterocycles. The van der Waals surface area contributed by atoms with Gasteiger partial charge in [-0.1, -0.05) is 51.3 Å². The third-order valence-electron chi connectivity index (χ3n) is 4.05. The van der Waals surface area contributed by atoms with Gasteiger partial charge in [-0.05, 0) is 54.1 Å². The van der Waals surface area contributed by atoms with E-state index in [0.29, 0.717) is 27.1 Å². The third-order valence-corrected chi connectivity index (χ3v) is 5.13. The van der Waals surface area contributed by atoms with Gasteiger partial charge in [-0.3, -0.25) is 4.79 Å². The van der Waals surface area contributed by atoms with Gasteiger partial charge >= 0.3 is 0 Å². The minimum atomic E-state index is -0.310. The van der Waals surface area contributed by atoms with Crippen LogP contribution in [0.25, 0.3) is 0 Å². The first kappa shape index (κ1) is 22.2. The molecule has 0 aliphatic carbocycles. The molecule has 0 aliphatic heterocycles. The number of carbonyl (C=O) groups excluding carboxylic acids is 1. The van der Waals surface area contributed by atoms with Crippen LogP contribution in [0.4, 0.5) is 0 Å². The number of halogens is 3. The molecule has 0 bridgehead atoms. The van der Waals surface area contributed by atoms with Crippen molar-refractivity contribution in [3.8, 4) is 11.5 Å². The Kier molecular flexibility index (Phi) is 7.74. The Morgan fingerprint density at radius 3 is 2.67 bits per heavy atom. The summed E-state index contributed by atoms with van der Waals surface area (Å²) in [5, 5.41) is 5.10. The molecule has 3 aromatic carbocycles. The van der Waals surface area contributed by atoms with E-state index in [1.807, 2.05) is 6.07 Å². The van der Waals surface area contributed by atoms with Crippen LogP contribution in [0.5, 0.6) is 11.5 Å². The molecule has 0 saturated carbocycles. The standard InChI is InChI=1S/C22H17BrCl2N2O3/c1-29-20-8-5-14(12-26-27-22(28)15-3-2-4-17(23)10-15)9-21(20)30-13-16-6-7-18(24)11-19(16)25/h2-12H,13H2,1H3,(H,27,28)/b26-12-. The van der Waals surface area contributed by atoms with Crippen molar-refractivity contribution in [2.24, 2.45) is 5.10 Å². The third kappa shape index (κ3) is 5.98. The molecule has 0 fully saturated rings. The van der Waals surface area contributed by atoms with Crippen LogP contribution in [-0.2, 0) is 6.61 Å². The second-order valence-corrected chi connectivity index (χ2v) is 7.90. The zero-order chi connectivity index (χ0) is 21.5.